The van der Waals surface area contributed by atoms with Crippen LogP contribution in [0.1, 0.15) is 18.7 Å². The zero-order valence-electron chi connectivity index (χ0n) is 7.27. The maximum Gasteiger partial charge on any atom is 0.204 e. The van der Waals surface area contributed by atoms with Gasteiger partial charge < -0.3 is 5.11 Å². The van der Waals surface area contributed by atoms with E-state index in [1.54, 1.807) is 13.8 Å². The van der Waals surface area contributed by atoms with Crippen molar-refractivity contribution in [2.24, 2.45) is 5.14 Å². The summed E-state index contributed by atoms with van der Waals surface area (Å²) in [5.41, 5.74) is -1.03. The quantitative estimate of drug-likeness (QED) is 0.683. The van der Waals surface area contributed by atoms with Crippen LogP contribution in [-0.4, -0.2) is 14.3 Å². The summed E-state index contributed by atoms with van der Waals surface area (Å²) < 4.78 is 18.1. The van der Waals surface area contributed by atoms with E-state index in [1.165, 1.54) is 6.20 Å². The second kappa shape index (κ2) is 3.02. The van der Waals surface area contributed by atoms with Crippen LogP contribution in [0.4, 0.5) is 0 Å². The molecule has 0 fully saturated rings. The van der Waals surface area contributed by atoms with Crippen molar-refractivity contribution in [2.75, 3.05) is 0 Å². The summed E-state index contributed by atoms with van der Waals surface area (Å²) in [5, 5.41) is 14.6. The fourth-order valence-electron chi connectivity index (χ4n) is 0.681. The van der Waals surface area contributed by atoms with E-state index < -0.39 is 15.5 Å². The van der Waals surface area contributed by atoms with Gasteiger partial charge in [-0.3, -0.25) is 0 Å². The third-order valence-electron chi connectivity index (χ3n) is 1.35. The molecular weight excluding hydrogens is 210 g/mol. The first kappa shape index (κ1) is 10.6. The number of nitrogens with two attached hydrogens (primary N) is 1. The highest BCUT2D eigenvalue weighted by Gasteiger charge is 2.21. The van der Waals surface area contributed by atoms with Crippen molar-refractivity contribution in [1.82, 2.24) is 4.98 Å². The molecule has 0 aromatic carbocycles. The first-order valence-electron chi connectivity index (χ1n) is 3.46. The predicted molar refractivity (Wildman–Crippen MR) is 50.7 cm³/mol. The standard InChI is InChI=1S/C6H11N3O2S2/c1-6(2,10)4-3-9-5(12-4)13(7,8)11/h3,10H,1-2H3,(H3,7,8,11). The Hall–Kier alpha value is -0.500. The van der Waals surface area contributed by atoms with Crippen molar-refractivity contribution in [1.29, 1.82) is 4.78 Å². The molecule has 1 aromatic rings. The molecule has 1 aromatic heterocycles. The van der Waals surface area contributed by atoms with E-state index in [2.05, 4.69) is 4.98 Å². The van der Waals surface area contributed by atoms with Gasteiger partial charge in [-0.05, 0) is 13.8 Å². The van der Waals surface area contributed by atoms with Crippen LogP contribution in [0.2, 0.25) is 0 Å². The highest BCUT2D eigenvalue weighted by molar-refractivity contribution is 7.92. The first-order chi connectivity index (χ1) is 5.71. The van der Waals surface area contributed by atoms with Gasteiger partial charge in [-0.2, -0.15) is 0 Å². The number of aliphatic hydroxyl groups is 1. The minimum absolute atomic E-state index is 0.0459. The first-order valence-corrected chi connectivity index (χ1v) is 5.90. The van der Waals surface area contributed by atoms with E-state index in [0.29, 0.717) is 4.88 Å². The fourth-order valence-corrected chi connectivity index (χ4v) is 2.30. The summed E-state index contributed by atoms with van der Waals surface area (Å²) in [6.45, 7) is 3.18. The topological polar surface area (TPSA) is 100 Å². The second-order valence-corrected chi connectivity index (χ2v) is 6.03. The Balaban J connectivity index is 3.16. The van der Waals surface area contributed by atoms with Crippen LogP contribution in [-0.2, 0) is 15.5 Å². The van der Waals surface area contributed by atoms with Crippen LogP contribution >= 0.6 is 11.3 Å². The number of nitrogens with zero attached hydrogens (tertiary/aromatic N) is 1. The van der Waals surface area contributed by atoms with Crippen LogP contribution in [0, 0.1) is 4.78 Å². The highest BCUT2D eigenvalue weighted by Crippen LogP contribution is 2.27. The second-order valence-electron chi connectivity index (χ2n) is 3.15. The van der Waals surface area contributed by atoms with Gasteiger partial charge in [-0.15, -0.1) is 11.3 Å². The molecular formula is C6H11N3O2S2. The van der Waals surface area contributed by atoms with Gasteiger partial charge in [-0.1, -0.05) is 0 Å². The molecule has 74 valence electrons. The van der Waals surface area contributed by atoms with E-state index in [0.717, 1.165) is 11.3 Å². The molecule has 4 N–H and O–H groups in total. The normalized spacial score (nSPS) is 16.9. The summed E-state index contributed by atoms with van der Waals surface area (Å²) in [6, 6.07) is 0. The monoisotopic (exact) mass is 221 g/mol. The third kappa shape index (κ3) is 2.47. The lowest BCUT2D eigenvalue weighted by molar-refractivity contribution is 0.0823. The summed E-state index contributed by atoms with van der Waals surface area (Å²) in [5.74, 6) is 0. The van der Waals surface area contributed by atoms with Gasteiger partial charge in [0.05, 0.1) is 10.5 Å². The average molecular weight is 221 g/mol. The largest absolute Gasteiger partial charge is 0.385 e. The molecule has 0 spiro atoms. The smallest absolute Gasteiger partial charge is 0.204 e. The third-order valence-corrected chi connectivity index (χ3v) is 4.07. The lowest BCUT2D eigenvalue weighted by atomic mass is 10.1. The van der Waals surface area contributed by atoms with Crippen molar-refractivity contribution in [3.63, 3.8) is 0 Å². The van der Waals surface area contributed by atoms with Crippen molar-refractivity contribution >= 4 is 21.3 Å². The van der Waals surface area contributed by atoms with E-state index in [-0.39, 0.29) is 4.34 Å². The maximum absolute atomic E-state index is 11.0. The fraction of sp³-hybridized carbons (Fsp3) is 0.500. The van der Waals surface area contributed by atoms with Crippen LogP contribution in [0.3, 0.4) is 0 Å². The minimum Gasteiger partial charge on any atom is -0.385 e. The van der Waals surface area contributed by atoms with E-state index in [4.69, 9.17) is 9.92 Å². The molecule has 0 radical (unpaired) electrons. The maximum atomic E-state index is 11.0. The number of nitrogens with one attached hydrogen (secondary N) is 1. The van der Waals surface area contributed by atoms with Crippen molar-refractivity contribution in [3.8, 4) is 0 Å². The van der Waals surface area contributed by atoms with Crippen molar-refractivity contribution in [2.45, 2.75) is 23.8 Å². The van der Waals surface area contributed by atoms with E-state index in [9.17, 15) is 9.32 Å². The molecule has 1 atom stereocenters. The summed E-state index contributed by atoms with van der Waals surface area (Å²) in [4.78, 5) is 4.27. The molecule has 0 aliphatic rings. The van der Waals surface area contributed by atoms with Gasteiger partial charge in [0.15, 0.2) is 9.92 Å². The van der Waals surface area contributed by atoms with Gasteiger partial charge >= 0.3 is 0 Å². The van der Waals surface area contributed by atoms with Crippen LogP contribution in [0.5, 0.6) is 0 Å². The van der Waals surface area contributed by atoms with Crippen LogP contribution < -0.4 is 5.14 Å². The van der Waals surface area contributed by atoms with Gasteiger partial charge in [0.25, 0.3) is 0 Å². The molecule has 13 heavy (non-hydrogen) atoms. The summed E-state index contributed by atoms with van der Waals surface area (Å²) in [7, 11) is -3.25. The lowest BCUT2D eigenvalue weighted by Crippen LogP contribution is -2.13. The molecule has 0 amide bonds. The van der Waals surface area contributed by atoms with Gasteiger partial charge in [0.1, 0.15) is 0 Å². The molecule has 0 saturated carbocycles. The minimum atomic E-state index is -3.25. The molecule has 1 heterocycles. The molecule has 0 aliphatic heterocycles. The number of thiazole rings is 1. The van der Waals surface area contributed by atoms with E-state index >= 15 is 0 Å². The van der Waals surface area contributed by atoms with Gasteiger partial charge in [-0.25, -0.2) is 19.1 Å². The molecule has 7 heteroatoms. The average Bonchev–Trinajstić information content (AvgIpc) is 2.28. The number of aromatic nitrogens is 1. The van der Waals surface area contributed by atoms with E-state index in [1.807, 2.05) is 0 Å². The number of hydrogen-bond donors (Lipinski definition) is 3. The Labute approximate surface area is 80.7 Å². The van der Waals surface area contributed by atoms with Gasteiger partial charge in [0.2, 0.25) is 4.34 Å². The molecule has 0 saturated heterocycles. The zero-order chi connectivity index (χ0) is 10.3. The van der Waals surface area contributed by atoms with Crippen molar-refractivity contribution in [3.05, 3.63) is 11.1 Å². The molecule has 1 rings (SSSR count). The molecule has 5 nitrogen and oxygen atoms in total. The Kier molecular flexibility index (Phi) is 2.46. The molecule has 1 unspecified atom stereocenters. The SMILES string of the molecule is CC(C)(O)c1cnc(S(=N)(N)=O)s1. The summed E-state index contributed by atoms with van der Waals surface area (Å²) in [6.07, 6.45) is 1.39. The molecule has 0 aliphatic carbocycles. The number of hydrogen-bond acceptors (Lipinski definition) is 5. The Morgan fingerprint density at radius 3 is 2.54 bits per heavy atom. The molecule has 0 bridgehead atoms. The lowest BCUT2D eigenvalue weighted by Gasteiger charge is -2.12. The summed E-state index contributed by atoms with van der Waals surface area (Å²) >= 11 is 0.998. The van der Waals surface area contributed by atoms with Gasteiger partial charge in [0, 0.05) is 6.20 Å². The van der Waals surface area contributed by atoms with Crippen LogP contribution in [0.25, 0.3) is 0 Å². The van der Waals surface area contributed by atoms with Crippen LogP contribution in [0.15, 0.2) is 10.5 Å². The Morgan fingerprint density at radius 1 is 1.77 bits per heavy atom. The van der Waals surface area contributed by atoms with Crippen molar-refractivity contribution < 1.29 is 9.32 Å². The highest BCUT2D eigenvalue weighted by atomic mass is 32.2. The number of rotatable bonds is 2. The Bertz CT molecular complexity index is 402. The zero-order valence-corrected chi connectivity index (χ0v) is 8.91. The predicted octanol–water partition coefficient (Wildman–Crippen LogP) is 0.650. The Morgan fingerprint density at radius 2 is 2.31 bits per heavy atom.